The molecule has 0 aliphatic carbocycles. The minimum Gasteiger partial charge on any atom is -0.308 e. The predicted molar refractivity (Wildman–Crippen MR) is 60.8 cm³/mol. The van der Waals surface area contributed by atoms with E-state index in [1.807, 2.05) is 18.7 Å². The fraction of sp³-hybridized carbons (Fsp3) is 1.00. The van der Waals surface area contributed by atoms with Crippen LogP contribution in [0.5, 0.6) is 0 Å². The summed E-state index contributed by atoms with van der Waals surface area (Å²) in [6.07, 6.45) is 0. The van der Waals surface area contributed by atoms with Crippen molar-refractivity contribution in [2.75, 3.05) is 29.8 Å². The highest BCUT2D eigenvalue weighted by molar-refractivity contribution is 7.99. The first-order chi connectivity index (χ1) is 5.68. The lowest BCUT2D eigenvalue weighted by Crippen LogP contribution is -2.46. The summed E-state index contributed by atoms with van der Waals surface area (Å²) in [5, 5.41) is 3.35. The number of halogens is 2. The van der Waals surface area contributed by atoms with Gasteiger partial charge in [0.15, 0.2) is 0 Å². The predicted octanol–water partition coefficient (Wildman–Crippen LogP) is 2.57. The average Bonchev–Trinajstić information content (AvgIpc) is 2.12. The van der Waals surface area contributed by atoms with Crippen LogP contribution in [0, 0.1) is 0 Å². The standard InChI is InChI=1S/C8H17Cl2NS/c1-3-12-5-4-11-8(2,6-9)7-10/h11H,3-7H2,1-2H3. The zero-order valence-corrected chi connectivity index (χ0v) is 10.0. The van der Waals surface area contributed by atoms with Gasteiger partial charge in [0.1, 0.15) is 0 Å². The van der Waals surface area contributed by atoms with Crippen molar-refractivity contribution in [2.24, 2.45) is 0 Å². The van der Waals surface area contributed by atoms with Crippen LogP contribution in [0.3, 0.4) is 0 Å². The van der Waals surface area contributed by atoms with E-state index in [1.54, 1.807) is 0 Å². The Labute approximate surface area is 89.6 Å². The molecule has 0 bridgehead atoms. The van der Waals surface area contributed by atoms with E-state index in [4.69, 9.17) is 23.2 Å². The number of hydrogen-bond donors (Lipinski definition) is 1. The summed E-state index contributed by atoms with van der Waals surface area (Å²) in [5.74, 6) is 3.42. The molecule has 0 radical (unpaired) electrons. The molecular weight excluding hydrogens is 213 g/mol. The molecule has 0 spiro atoms. The van der Waals surface area contributed by atoms with E-state index in [9.17, 15) is 0 Å². The Bertz CT molecular complexity index is 107. The summed E-state index contributed by atoms with van der Waals surface area (Å²) in [7, 11) is 0. The van der Waals surface area contributed by atoms with Crippen molar-refractivity contribution in [1.82, 2.24) is 5.32 Å². The van der Waals surface area contributed by atoms with E-state index >= 15 is 0 Å². The highest BCUT2D eigenvalue weighted by Gasteiger charge is 2.20. The zero-order chi connectivity index (χ0) is 9.45. The van der Waals surface area contributed by atoms with Crippen molar-refractivity contribution in [2.45, 2.75) is 19.4 Å². The summed E-state index contributed by atoms with van der Waals surface area (Å²) in [5.41, 5.74) is -0.0998. The van der Waals surface area contributed by atoms with Crippen LogP contribution in [-0.2, 0) is 0 Å². The molecule has 4 heteroatoms. The van der Waals surface area contributed by atoms with Gasteiger partial charge >= 0.3 is 0 Å². The Morgan fingerprint density at radius 1 is 1.33 bits per heavy atom. The number of thioether (sulfide) groups is 1. The smallest absolute Gasteiger partial charge is 0.0425 e. The normalized spacial score (nSPS) is 12.0. The molecule has 0 heterocycles. The largest absolute Gasteiger partial charge is 0.308 e. The van der Waals surface area contributed by atoms with Crippen molar-refractivity contribution in [3.8, 4) is 0 Å². The fourth-order valence-corrected chi connectivity index (χ4v) is 1.71. The molecule has 0 saturated heterocycles. The van der Waals surface area contributed by atoms with Crippen molar-refractivity contribution in [3.05, 3.63) is 0 Å². The Balaban J connectivity index is 3.45. The molecule has 0 saturated carbocycles. The minimum atomic E-state index is -0.0998. The first-order valence-electron chi connectivity index (χ1n) is 4.13. The monoisotopic (exact) mass is 229 g/mol. The molecule has 1 N–H and O–H groups in total. The number of hydrogen-bond acceptors (Lipinski definition) is 2. The highest BCUT2D eigenvalue weighted by atomic mass is 35.5. The van der Waals surface area contributed by atoms with Gasteiger partial charge < -0.3 is 5.32 Å². The third kappa shape index (κ3) is 5.52. The summed E-state index contributed by atoms with van der Waals surface area (Å²) >= 11 is 13.5. The highest BCUT2D eigenvalue weighted by Crippen LogP contribution is 2.08. The van der Waals surface area contributed by atoms with Crippen LogP contribution in [0.2, 0.25) is 0 Å². The van der Waals surface area contributed by atoms with Gasteiger partial charge in [-0.1, -0.05) is 6.92 Å². The van der Waals surface area contributed by atoms with Crippen molar-refractivity contribution in [1.29, 1.82) is 0 Å². The lowest BCUT2D eigenvalue weighted by Gasteiger charge is -2.25. The molecule has 0 aromatic heterocycles. The van der Waals surface area contributed by atoms with Crippen molar-refractivity contribution >= 4 is 35.0 Å². The van der Waals surface area contributed by atoms with Gasteiger partial charge in [-0.2, -0.15) is 11.8 Å². The van der Waals surface area contributed by atoms with E-state index in [0.29, 0.717) is 11.8 Å². The van der Waals surface area contributed by atoms with Crippen LogP contribution >= 0.6 is 35.0 Å². The molecule has 0 aliphatic rings. The Kier molecular flexibility index (Phi) is 7.85. The lowest BCUT2D eigenvalue weighted by atomic mass is 10.1. The summed E-state index contributed by atoms with van der Waals surface area (Å²) in [6.45, 7) is 5.19. The summed E-state index contributed by atoms with van der Waals surface area (Å²) in [4.78, 5) is 0. The van der Waals surface area contributed by atoms with Crippen molar-refractivity contribution < 1.29 is 0 Å². The van der Waals surface area contributed by atoms with Gasteiger partial charge in [-0.3, -0.25) is 0 Å². The number of rotatable bonds is 7. The van der Waals surface area contributed by atoms with Gasteiger partial charge in [0.2, 0.25) is 0 Å². The number of alkyl halides is 2. The Hall–Kier alpha value is 0.890. The third-order valence-corrected chi connectivity index (χ3v) is 3.67. The maximum atomic E-state index is 5.77. The van der Waals surface area contributed by atoms with Crippen LogP contribution in [0.15, 0.2) is 0 Å². The molecule has 0 atom stereocenters. The molecule has 74 valence electrons. The van der Waals surface area contributed by atoms with Gasteiger partial charge in [-0.25, -0.2) is 0 Å². The Morgan fingerprint density at radius 2 is 1.92 bits per heavy atom. The maximum absolute atomic E-state index is 5.77. The maximum Gasteiger partial charge on any atom is 0.0425 e. The number of nitrogens with one attached hydrogen (secondary N) is 1. The summed E-state index contributed by atoms with van der Waals surface area (Å²) < 4.78 is 0. The molecule has 0 amide bonds. The second kappa shape index (κ2) is 7.31. The molecule has 0 aromatic rings. The first kappa shape index (κ1) is 12.9. The second-order valence-electron chi connectivity index (χ2n) is 2.95. The third-order valence-electron chi connectivity index (χ3n) is 1.59. The quantitative estimate of drug-likeness (QED) is 0.533. The second-order valence-corrected chi connectivity index (χ2v) is 4.88. The molecule has 0 rings (SSSR count). The van der Waals surface area contributed by atoms with Gasteiger partial charge in [0, 0.05) is 29.6 Å². The van der Waals surface area contributed by atoms with Crippen LogP contribution in [0.1, 0.15) is 13.8 Å². The van der Waals surface area contributed by atoms with Crippen LogP contribution in [0.4, 0.5) is 0 Å². The fourth-order valence-electron chi connectivity index (χ4n) is 0.700. The molecule has 0 fully saturated rings. The first-order valence-corrected chi connectivity index (χ1v) is 6.35. The Morgan fingerprint density at radius 3 is 2.33 bits per heavy atom. The molecule has 0 unspecified atom stereocenters. The van der Waals surface area contributed by atoms with Gasteiger partial charge in [-0.05, 0) is 12.7 Å². The molecule has 12 heavy (non-hydrogen) atoms. The molecule has 1 nitrogen and oxygen atoms in total. The van der Waals surface area contributed by atoms with E-state index in [-0.39, 0.29) is 5.54 Å². The SMILES string of the molecule is CCSCCNC(C)(CCl)CCl. The van der Waals surface area contributed by atoms with E-state index < -0.39 is 0 Å². The molecule has 0 aliphatic heterocycles. The lowest BCUT2D eigenvalue weighted by molar-refractivity contribution is 0.452. The summed E-state index contributed by atoms with van der Waals surface area (Å²) in [6, 6.07) is 0. The van der Waals surface area contributed by atoms with E-state index in [2.05, 4.69) is 12.2 Å². The van der Waals surface area contributed by atoms with Crippen LogP contribution in [-0.4, -0.2) is 35.3 Å². The minimum absolute atomic E-state index is 0.0998. The molecular formula is C8H17Cl2NS. The topological polar surface area (TPSA) is 12.0 Å². The zero-order valence-electron chi connectivity index (χ0n) is 7.70. The van der Waals surface area contributed by atoms with Crippen molar-refractivity contribution in [3.63, 3.8) is 0 Å². The van der Waals surface area contributed by atoms with Crippen LogP contribution < -0.4 is 5.32 Å². The van der Waals surface area contributed by atoms with E-state index in [1.165, 1.54) is 5.75 Å². The average molecular weight is 230 g/mol. The van der Waals surface area contributed by atoms with E-state index in [0.717, 1.165) is 12.3 Å². The molecule has 0 aromatic carbocycles. The van der Waals surface area contributed by atoms with Crippen LogP contribution in [0.25, 0.3) is 0 Å². The van der Waals surface area contributed by atoms with Gasteiger partial charge in [0.25, 0.3) is 0 Å². The van der Waals surface area contributed by atoms with Gasteiger partial charge in [-0.15, -0.1) is 23.2 Å². The van der Waals surface area contributed by atoms with Gasteiger partial charge in [0.05, 0.1) is 0 Å².